The number of ether oxygens (including phenoxy) is 4. The molecule has 7 atom stereocenters. The van der Waals surface area contributed by atoms with Crippen LogP contribution in [0.1, 0.15) is 45.4 Å². The first-order chi connectivity index (χ1) is 14.8. The molecule has 1 saturated heterocycles. The van der Waals surface area contributed by atoms with Crippen LogP contribution in [0.4, 0.5) is 0 Å². The summed E-state index contributed by atoms with van der Waals surface area (Å²) < 4.78 is 21.4. The minimum atomic E-state index is -1.74. The standard InChI is InChI=1S/C20H34O11/c1-2-3-4-5-6-7-8-28-17-16(11(23)9-21)30-19(27)18(17)31-20-15(26)14(25)13(24)12(10-22)29-20/h11-16,20-26H,2-10H2,1H3/t11-,12+,13+,14-,15+,16+,20?/m0/s1. The lowest BCUT2D eigenvalue weighted by Crippen LogP contribution is -2.59. The van der Waals surface area contributed by atoms with Crippen LogP contribution in [-0.4, -0.2) is 99.3 Å². The molecule has 180 valence electrons. The van der Waals surface area contributed by atoms with Gasteiger partial charge in [0.2, 0.25) is 12.0 Å². The van der Waals surface area contributed by atoms with Gasteiger partial charge in [-0.2, -0.15) is 0 Å². The van der Waals surface area contributed by atoms with Crippen LogP contribution in [-0.2, 0) is 23.7 Å². The van der Waals surface area contributed by atoms with Crippen LogP contribution in [0, 0.1) is 0 Å². The SMILES string of the molecule is CCCCCCCCOC1=C(OC2O[C@H](CO)[C@@H](O)[C@H](O)[C@H]2O)C(=O)O[C@@H]1[C@@H](O)CO. The number of carbonyl (C=O) groups excluding carboxylic acids is 1. The fourth-order valence-corrected chi connectivity index (χ4v) is 3.40. The molecule has 6 N–H and O–H groups in total. The van der Waals surface area contributed by atoms with Crippen LogP contribution in [0.5, 0.6) is 0 Å². The molecule has 0 spiro atoms. The molecule has 1 unspecified atom stereocenters. The number of carbonyl (C=O) groups is 1. The molecule has 0 saturated carbocycles. The topological polar surface area (TPSA) is 175 Å². The Morgan fingerprint density at radius 3 is 2.32 bits per heavy atom. The molecule has 11 nitrogen and oxygen atoms in total. The van der Waals surface area contributed by atoms with Gasteiger partial charge in [0, 0.05) is 0 Å². The second-order valence-electron chi connectivity index (χ2n) is 7.70. The maximum absolute atomic E-state index is 12.3. The number of esters is 1. The predicted molar refractivity (Wildman–Crippen MR) is 104 cm³/mol. The average Bonchev–Trinajstić information content (AvgIpc) is 3.08. The fraction of sp³-hybridized carbons (Fsp3) is 0.850. The molecule has 0 aliphatic carbocycles. The van der Waals surface area contributed by atoms with Crippen molar-refractivity contribution in [2.45, 2.75) is 88.4 Å². The van der Waals surface area contributed by atoms with Gasteiger partial charge >= 0.3 is 5.97 Å². The molecular weight excluding hydrogens is 416 g/mol. The monoisotopic (exact) mass is 450 g/mol. The number of unbranched alkanes of at least 4 members (excludes halogenated alkanes) is 5. The third-order valence-electron chi connectivity index (χ3n) is 5.28. The van der Waals surface area contributed by atoms with Crippen molar-refractivity contribution in [3.63, 3.8) is 0 Å². The van der Waals surface area contributed by atoms with Crippen molar-refractivity contribution in [1.82, 2.24) is 0 Å². The summed E-state index contributed by atoms with van der Waals surface area (Å²) in [4.78, 5) is 12.3. The molecule has 0 radical (unpaired) electrons. The molecule has 2 aliphatic rings. The third-order valence-corrected chi connectivity index (χ3v) is 5.28. The largest absolute Gasteiger partial charge is 0.490 e. The first kappa shape index (κ1) is 25.8. The van der Waals surface area contributed by atoms with Crippen molar-refractivity contribution in [3.8, 4) is 0 Å². The molecule has 2 aliphatic heterocycles. The van der Waals surface area contributed by atoms with Crippen molar-refractivity contribution < 1.29 is 54.4 Å². The molecule has 0 amide bonds. The summed E-state index contributed by atoms with van der Waals surface area (Å²) in [7, 11) is 0. The molecule has 2 heterocycles. The van der Waals surface area contributed by atoms with Crippen LogP contribution in [0.15, 0.2) is 11.5 Å². The van der Waals surface area contributed by atoms with E-state index in [0.717, 1.165) is 32.1 Å². The van der Waals surface area contributed by atoms with Gasteiger partial charge in [-0.05, 0) is 6.42 Å². The maximum atomic E-state index is 12.3. The summed E-state index contributed by atoms with van der Waals surface area (Å²) in [6.07, 6.45) is -4.63. The summed E-state index contributed by atoms with van der Waals surface area (Å²) in [5.41, 5.74) is 0. The molecule has 2 rings (SSSR count). The van der Waals surface area contributed by atoms with E-state index in [1.165, 1.54) is 0 Å². The number of rotatable bonds is 13. The number of aliphatic hydroxyl groups excluding tert-OH is 6. The molecule has 0 aromatic heterocycles. The first-order valence-electron chi connectivity index (χ1n) is 10.7. The second-order valence-corrected chi connectivity index (χ2v) is 7.70. The molecule has 11 heteroatoms. The van der Waals surface area contributed by atoms with Crippen LogP contribution >= 0.6 is 0 Å². The Hall–Kier alpha value is -1.47. The van der Waals surface area contributed by atoms with Gasteiger partial charge in [-0.15, -0.1) is 0 Å². The first-order valence-corrected chi connectivity index (χ1v) is 10.7. The highest BCUT2D eigenvalue weighted by atomic mass is 16.7. The lowest BCUT2D eigenvalue weighted by molar-refractivity contribution is -0.291. The van der Waals surface area contributed by atoms with Crippen LogP contribution in [0.3, 0.4) is 0 Å². The van der Waals surface area contributed by atoms with Crippen molar-refractivity contribution >= 4 is 5.97 Å². The van der Waals surface area contributed by atoms with Crippen molar-refractivity contribution in [2.75, 3.05) is 19.8 Å². The normalized spacial score (nSPS) is 32.2. The summed E-state index contributed by atoms with van der Waals surface area (Å²) in [6, 6.07) is 0. The number of aliphatic hydroxyl groups is 6. The minimum Gasteiger partial charge on any atom is -0.490 e. The Bertz CT molecular complexity index is 594. The average molecular weight is 450 g/mol. The Kier molecular flexibility index (Phi) is 10.4. The van der Waals surface area contributed by atoms with Gasteiger partial charge < -0.3 is 49.6 Å². The molecule has 1 fully saturated rings. The van der Waals surface area contributed by atoms with Gasteiger partial charge in [0.25, 0.3) is 0 Å². The minimum absolute atomic E-state index is 0.155. The highest BCUT2D eigenvalue weighted by molar-refractivity contribution is 5.89. The summed E-state index contributed by atoms with van der Waals surface area (Å²) in [5.74, 6) is -1.64. The predicted octanol–water partition coefficient (Wildman–Crippen LogP) is -1.33. The van der Waals surface area contributed by atoms with E-state index in [1.54, 1.807) is 0 Å². The molecular formula is C20H34O11. The molecule has 0 aromatic rings. The van der Waals surface area contributed by atoms with Gasteiger partial charge in [0.05, 0.1) is 19.8 Å². The molecule has 0 aromatic carbocycles. The van der Waals surface area contributed by atoms with Crippen molar-refractivity contribution in [1.29, 1.82) is 0 Å². The Labute approximate surface area is 180 Å². The zero-order valence-electron chi connectivity index (χ0n) is 17.6. The van der Waals surface area contributed by atoms with E-state index in [0.29, 0.717) is 6.42 Å². The third kappa shape index (κ3) is 6.51. The van der Waals surface area contributed by atoms with E-state index >= 15 is 0 Å². The highest BCUT2D eigenvalue weighted by Gasteiger charge is 2.48. The van der Waals surface area contributed by atoms with E-state index in [4.69, 9.17) is 18.9 Å². The van der Waals surface area contributed by atoms with Crippen LogP contribution in [0.25, 0.3) is 0 Å². The fourth-order valence-electron chi connectivity index (χ4n) is 3.40. The zero-order valence-corrected chi connectivity index (χ0v) is 17.6. The lowest BCUT2D eigenvalue weighted by atomic mass is 9.99. The molecule has 31 heavy (non-hydrogen) atoms. The van der Waals surface area contributed by atoms with Gasteiger partial charge in [-0.25, -0.2) is 4.79 Å². The molecule has 0 bridgehead atoms. The van der Waals surface area contributed by atoms with Gasteiger partial charge in [0.1, 0.15) is 30.5 Å². The summed E-state index contributed by atoms with van der Waals surface area (Å²) in [5, 5.41) is 58.5. The number of hydrogen-bond acceptors (Lipinski definition) is 11. The Morgan fingerprint density at radius 1 is 1.00 bits per heavy atom. The van der Waals surface area contributed by atoms with E-state index < -0.39 is 67.9 Å². The van der Waals surface area contributed by atoms with Crippen molar-refractivity contribution in [3.05, 3.63) is 11.5 Å². The maximum Gasteiger partial charge on any atom is 0.378 e. The second kappa shape index (κ2) is 12.5. The van der Waals surface area contributed by atoms with Crippen molar-refractivity contribution in [2.24, 2.45) is 0 Å². The van der Waals surface area contributed by atoms with E-state index in [2.05, 4.69) is 6.92 Å². The van der Waals surface area contributed by atoms with E-state index in [1.807, 2.05) is 0 Å². The van der Waals surface area contributed by atoms with Crippen LogP contribution < -0.4 is 0 Å². The number of hydrogen-bond donors (Lipinski definition) is 6. The van der Waals surface area contributed by atoms with E-state index in [-0.39, 0.29) is 12.4 Å². The highest BCUT2D eigenvalue weighted by Crippen LogP contribution is 2.31. The van der Waals surface area contributed by atoms with Gasteiger partial charge in [0.15, 0.2) is 11.9 Å². The Morgan fingerprint density at radius 2 is 1.68 bits per heavy atom. The number of cyclic esters (lactones) is 1. The van der Waals surface area contributed by atoms with Gasteiger partial charge in [-0.3, -0.25) is 0 Å². The quantitative estimate of drug-likeness (QED) is 0.145. The van der Waals surface area contributed by atoms with Crippen LogP contribution in [0.2, 0.25) is 0 Å². The lowest BCUT2D eigenvalue weighted by Gasteiger charge is -2.39. The van der Waals surface area contributed by atoms with Gasteiger partial charge in [-0.1, -0.05) is 39.0 Å². The zero-order chi connectivity index (χ0) is 23.0. The summed E-state index contributed by atoms with van der Waals surface area (Å²) in [6.45, 7) is 0.960. The Balaban J connectivity index is 2.10. The smallest absolute Gasteiger partial charge is 0.378 e. The summed E-state index contributed by atoms with van der Waals surface area (Å²) >= 11 is 0. The van der Waals surface area contributed by atoms with E-state index in [9.17, 15) is 35.4 Å².